The Labute approximate surface area is 133 Å². The van der Waals surface area contributed by atoms with Gasteiger partial charge in [0.25, 0.3) is 0 Å². The zero-order valence-corrected chi connectivity index (χ0v) is 13.3. The van der Waals surface area contributed by atoms with Gasteiger partial charge in [-0.25, -0.2) is 0 Å². The first kappa shape index (κ1) is 18.0. The molecule has 118 valence electrons. The normalized spacial score (nSPS) is 18.8. The van der Waals surface area contributed by atoms with E-state index in [4.69, 9.17) is 5.73 Å². The molecule has 5 heteroatoms. The molecular weight excluding hydrogens is 286 g/mol. The van der Waals surface area contributed by atoms with Crippen LogP contribution in [0.15, 0.2) is 30.3 Å². The molecule has 3 N–H and O–H groups in total. The lowest BCUT2D eigenvalue weighted by Crippen LogP contribution is -2.37. The zero-order chi connectivity index (χ0) is 14.2. The molecule has 1 aromatic rings. The van der Waals surface area contributed by atoms with E-state index in [0.717, 1.165) is 38.3 Å². The number of anilines is 1. The van der Waals surface area contributed by atoms with Gasteiger partial charge in [0, 0.05) is 25.2 Å². The third kappa shape index (κ3) is 6.46. The summed E-state index contributed by atoms with van der Waals surface area (Å²) >= 11 is 0. The maximum absolute atomic E-state index is 11.9. The molecule has 21 heavy (non-hydrogen) atoms. The fraction of sp³-hybridized carbons (Fsp3) is 0.562. The first-order valence-corrected chi connectivity index (χ1v) is 7.55. The van der Waals surface area contributed by atoms with Crippen LogP contribution in [0.5, 0.6) is 0 Å². The van der Waals surface area contributed by atoms with Gasteiger partial charge in [0.05, 0.1) is 0 Å². The Morgan fingerprint density at radius 1 is 1.33 bits per heavy atom. The topological polar surface area (TPSA) is 58.4 Å². The van der Waals surface area contributed by atoms with Crippen molar-refractivity contribution >= 4 is 24.0 Å². The fourth-order valence-corrected chi connectivity index (χ4v) is 2.83. The van der Waals surface area contributed by atoms with Crippen molar-refractivity contribution in [2.75, 3.05) is 31.5 Å². The molecule has 0 aromatic heterocycles. The summed E-state index contributed by atoms with van der Waals surface area (Å²) in [4.78, 5) is 14.3. The number of likely N-dealkylation sites (tertiary alicyclic amines) is 1. The van der Waals surface area contributed by atoms with Gasteiger partial charge < -0.3 is 16.0 Å². The van der Waals surface area contributed by atoms with Crippen molar-refractivity contribution in [3.8, 4) is 0 Å². The van der Waals surface area contributed by atoms with Crippen LogP contribution < -0.4 is 11.1 Å². The van der Waals surface area contributed by atoms with Crippen LogP contribution in [0.3, 0.4) is 0 Å². The molecule has 1 unspecified atom stereocenters. The number of piperidine rings is 1. The van der Waals surface area contributed by atoms with E-state index < -0.39 is 0 Å². The summed E-state index contributed by atoms with van der Waals surface area (Å²) in [6.07, 6.45) is 4.17. The Bertz CT molecular complexity index is 411. The highest BCUT2D eigenvalue weighted by molar-refractivity contribution is 5.90. The van der Waals surface area contributed by atoms with E-state index in [0.29, 0.717) is 12.3 Å². The van der Waals surface area contributed by atoms with Gasteiger partial charge in [-0.15, -0.1) is 12.4 Å². The summed E-state index contributed by atoms with van der Waals surface area (Å²) in [5.74, 6) is 0.808. The minimum Gasteiger partial charge on any atom is -0.330 e. The highest BCUT2D eigenvalue weighted by atomic mass is 35.5. The second-order valence-corrected chi connectivity index (χ2v) is 5.55. The number of carbonyl (C=O) groups is 1. The molecular formula is C16H26ClN3O. The fourth-order valence-electron chi connectivity index (χ4n) is 2.83. The van der Waals surface area contributed by atoms with Crippen molar-refractivity contribution in [1.29, 1.82) is 0 Å². The van der Waals surface area contributed by atoms with Gasteiger partial charge in [0.2, 0.25) is 5.91 Å². The van der Waals surface area contributed by atoms with E-state index in [1.54, 1.807) is 0 Å². The molecule has 0 saturated carbocycles. The summed E-state index contributed by atoms with van der Waals surface area (Å²) in [7, 11) is 0. The molecule has 1 aromatic carbocycles. The van der Waals surface area contributed by atoms with Gasteiger partial charge in [0.15, 0.2) is 0 Å². The van der Waals surface area contributed by atoms with Gasteiger partial charge in [-0.2, -0.15) is 0 Å². The van der Waals surface area contributed by atoms with Crippen LogP contribution in [0.25, 0.3) is 0 Å². The minimum atomic E-state index is 0. The van der Waals surface area contributed by atoms with Crippen molar-refractivity contribution < 1.29 is 4.79 Å². The Kier molecular flexibility index (Phi) is 8.35. The van der Waals surface area contributed by atoms with Crippen molar-refractivity contribution in [3.05, 3.63) is 30.3 Å². The van der Waals surface area contributed by atoms with Crippen molar-refractivity contribution in [3.63, 3.8) is 0 Å². The number of halogens is 1. The lowest BCUT2D eigenvalue weighted by molar-refractivity contribution is -0.116. The Morgan fingerprint density at radius 3 is 2.81 bits per heavy atom. The summed E-state index contributed by atoms with van der Waals surface area (Å²) < 4.78 is 0. The third-order valence-corrected chi connectivity index (χ3v) is 3.89. The number of hydrogen-bond acceptors (Lipinski definition) is 3. The number of nitrogens with zero attached hydrogens (tertiary/aromatic N) is 1. The average molecular weight is 312 g/mol. The highest BCUT2D eigenvalue weighted by Gasteiger charge is 2.19. The molecule has 1 aliphatic heterocycles. The van der Waals surface area contributed by atoms with Gasteiger partial charge in [-0.05, 0) is 50.4 Å². The molecule has 4 nitrogen and oxygen atoms in total. The molecule has 1 fully saturated rings. The standard InChI is InChI=1S/C16H25N3O.ClH/c17-10-8-14-5-4-11-19(13-14)12-9-16(20)18-15-6-2-1-3-7-15;/h1-3,6-7,14H,4-5,8-13,17H2,(H,18,20);1H. The van der Waals surface area contributed by atoms with E-state index in [-0.39, 0.29) is 18.3 Å². The van der Waals surface area contributed by atoms with Crippen LogP contribution in [-0.2, 0) is 4.79 Å². The first-order chi connectivity index (χ1) is 9.78. The van der Waals surface area contributed by atoms with Crippen LogP contribution >= 0.6 is 12.4 Å². The summed E-state index contributed by atoms with van der Waals surface area (Å²) in [6, 6.07) is 9.63. The first-order valence-electron chi connectivity index (χ1n) is 7.55. The van der Waals surface area contributed by atoms with Gasteiger partial charge in [-0.1, -0.05) is 18.2 Å². The number of benzene rings is 1. The van der Waals surface area contributed by atoms with Crippen molar-refractivity contribution in [1.82, 2.24) is 4.90 Å². The van der Waals surface area contributed by atoms with Crippen molar-refractivity contribution in [2.24, 2.45) is 11.7 Å². The van der Waals surface area contributed by atoms with Gasteiger partial charge in [-0.3, -0.25) is 4.79 Å². The molecule has 1 atom stereocenters. The molecule has 0 bridgehead atoms. The second kappa shape index (κ2) is 9.77. The number of amides is 1. The smallest absolute Gasteiger partial charge is 0.225 e. The largest absolute Gasteiger partial charge is 0.330 e. The zero-order valence-electron chi connectivity index (χ0n) is 12.5. The molecule has 0 spiro atoms. The number of nitrogens with two attached hydrogens (primary N) is 1. The minimum absolute atomic E-state index is 0. The molecule has 1 aliphatic rings. The van der Waals surface area contributed by atoms with Crippen LogP contribution in [0, 0.1) is 5.92 Å². The number of rotatable bonds is 6. The van der Waals surface area contributed by atoms with E-state index in [2.05, 4.69) is 10.2 Å². The van der Waals surface area contributed by atoms with E-state index in [1.807, 2.05) is 30.3 Å². The number of para-hydroxylation sites is 1. The summed E-state index contributed by atoms with van der Waals surface area (Å²) in [6.45, 7) is 3.82. The molecule has 2 rings (SSSR count). The van der Waals surface area contributed by atoms with E-state index in [1.165, 1.54) is 12.8 Å². The quantitative estimate of drug-likeness (QED) is 0.848. The lowest BCUT2D eigenvalue weighted by atomic mass is 9.95. The molecule has 1 amide bonds. The van der Waals surface area contributed by atoms with Crippen LogP contribution in [-0.4, -0.2) is 37.0 Å². The van der Waals surface area contributed by atoms with Crippen LogP contribution in [0.2, 0.25) is 0 Å². The second-order valence-electron chi connectivity index (χ2n) is 5.55. The van der Waals surface area contributed by atoms with Crippen molar-refractivity contribution in [2.45, 2.75) is 25.7 Å². The number of hydrogen-bond donors (Lipinski definition) is 2. The Morgan fingerprint density at radius 2 is 2.10 bits per heavy atom. The highest BCUT2D eigenvalue weighted by Crippen LogP contribution is 2.19. The average Bonchev–Trinajstić information content (AvgIpc) is 2.47. The molecule has 1 saturated heterocycles. The van der Waals surface area contributed by atoms with Gasteiger partial charge >= 0.3 is 0 Å². The molecule has 1 heterocycles. The number of carbonyl (C=O) groups excluding carboxylic acids is 1. The van der Waals surface area contributed by atoms with E-state index in [9.17, 15) is 4.79 Å². The predicted molar refractivity (Wildman–Crippen MR) is 89.8 cm³/mol. The van der Waals surface area contributed by atoms with Gasteiger partial charge in [0.1, 0.15) is 0 Å². The van der Waals surface area contributed by atoms with E-state index >= 15 is 0 Å². The lowest BCUT2D eigenvalue weighted by Gasteiger charge is -2.32. The molecule has 0 radical (unpaired) electrons. The maximum Gasteiger partial charge on any atom is 0.225 e. The van der Waals surface area contributed by atoms with Crippen LogP contribution in [0.1, 0.15) is 25.7 Å². The summed E-state index contributed by atoms with van der Waals surface area (Å²) in [5, 5.41) is 2.93. The predicted octanol–water partition coefficient (Wildman–Crippen LogP) is 2.50. The Hall–Kier alpha value is -1.10. The number of nitrogens with one attached hydrogen (secondary N) is 1. The Balaban J connectivity index is 0.00000220. The monoisotopic (exact) mass is 311 g/mol. The van der Waals surface area contributed by atoms with Crippen LogP contribution in [0.4, 0.5) is 5.69 Å². The molecule has 0 aliphatic carbocycles. The summed E-state index contributed by atoms with van der Waals surface area (Å²) in [5.41, 5.74) is 6.50. The third-order valence-electron chi connectivity index (χ3n) is 3.89. The maximum atomic E-state index is 11.9. The SMILES string of the molecule is Cl.NCCC1CCCN(CCC(=O)Nc2ccccc2)C1.